The summed E-state index contributed by atoms with van der Waals surface area (Å²) < 4.78 is 0. The normalized spacial score (nSPS) is 24.3. The molecule has 1 rings (SSSR count). The van der Waals surface area contributed by atoms with Gasteiger partial charge in [0, 0.05) is 11.7 Å². The number of hydrogen-bond acceptors (Lipinski definition) is 3. The number of carbonyl (C=O) groups excluding carboxylic acids is 1. The first-order valence-electron chi connectivity index (χ1n) is 4.77. The van der Waals surface area contributed by atoms with Crippen molar-refractivity contribution in [1.82, 2.24) is 5.32 Å². The zero-order chi connectivity index (χ0) is 9.68. The number of rotatable bonds is 4. The molecule has 0 saturated carbocycles. The van der Waals surface area contributed by atoms with Crippen molar-refractivity contribution in [2.24, 2.45) is 5.92 Å². The van der Waals surface area contributed by atoms with E-state index in [9.17, 15) is 4.79 Å². The lowest BCUT2D eigenvalue weighted by atomic mass is 10.1. The molecule has 3 nitrogen and oxygen atoms in total. The molecule has 1 heterocycles. The summed E-state index contributed by atoms with van der Waals surface area (Å²) in [6.45, 7) is 2.01. The third kappa shape index (κ3) is 3.19. The van der Waals surface area contributed by atoms with E-state index in [0.717, 1.165) is 24.3 Å². The molecule has 0 aromatic carbocycles. The van der Waals surface area contributed by atoms with Gasteiger partial charge in [-0.3, -0.25) is 4.79 Å². The SMILES string of the molecule is CC[C@@H](CO)NC(=O)C1CCSC1. The molecule has 0 spiro atoms. The summed E-state index contributed by atoms with van der Waals surface area (Å²) in [6, 6.07) is -0.0573. The van der Waals surface area contributed by atoms with Crippen LogP contribution in [0.15, 0.2) is 0 Å². The highest BCUT2D eigenvalue weighted by atomic mass is 32.2. The van der Waals surface area contributed by atoms with Crippen molar-refractivity contribution in [2.45, 2.75) is 25.8 Å². The molecule has 0 aromatic rings. The smallest absolute Gasteiger partial charge is 0.224 e. The van der Waals surface area contributed by atoms with Crippen LogP contribution in [0.5, 0.6) is 0 Å². The molecule has 0 aromatic heterocycles. The summed E-state index contributed by atoms with van der Waals surface area (Å²) in [4.78, 5) is 11.5. The molecular formula is C9H17NO2S. The average molecular weight is 203 g/mol. The Morgan fingerprint density at radius 3 is 3.00 bits per heavy atom. The van der Waals surface area contributed by atoms with Crippen LogP contribution in [-0.4, -0.2) is 35.2 Å². The van der Waals surface area contributed by atoms with Crippen LogP contribution < -0.4 is 5.32 Å². The average Bonchev–Trinajstić information content (AvgIpc) is 2.66. The van der Waals surface area contributed by atoms with Gasteiger partial charge in [0.15, 0.2) is 0 Å². The van der Waals surface area contributed by atoms with Gasteiger partial charge in [0.1, 0.15) is 0 Å². The maximum Gasteiger partial charge on any atom is 0.224 e. The van der Waals surface area contributed by atoms with Gasteiger partial charge in [-0.05, 0) is 18.6 Å². The topological polar surface area (TPSA) is 49.3 Å². The van der Waals surface area contributed by atoms with Gasteiger partial charge in [-0.15, -0.1) is 0 Å². The van der Waals surface area contributed by atoms with Crippen molar-refractivity contribution < 1.29 is 9.90 Å². The summed E-state index contributed by atoms with van der Waals surface area (Å²) in [7, 11) is 0. The van der Waals surface area contributed by atoms with Crippen LogP contribution in [0.1, 0.15) is 19.8 Å². The summed E-state index contributed by atoms with van der Waals surface area (Å²) in [6.07, 6.45) is 1.78. The molecular weight excluding hydrogens is 186 g/mol. The minimum absolute atomic E-state index is 0.0438. The Kier molecular flexibility index (Phi) is 4.59. The minimum Gasteiger partial charge on any atom is -0.394 e. The summed E-state index contributed by atoms with van der Waals surface area (Å²) in [5.41, 5.74) is 0. The Labute approximate surface area is 83.3 Å². The lowest BCUT2D eigenvalue weighted by molar-refractivity contribution is -0.125. The maximum atomic E-state index is 11.5. The van der Waals surface area contributed by atoms with Crippen LogP contribution in [0, 0.1) is 5.92 Å². The van der Waals surface area contributed by atoms with Crippen LogP contribution in [0.25, 0.3) is 0 Å². The van der Waals surface area contributed by atoms with Crippen molar-refractivity contribution in [3.05, 3.63) is 0 Å². The first kappa shape index (κ1) is 10.9. The maximum absolute atomic E-state index is 11.5. The van der Waals surface area contributed by atoms with Crippen molar-refractivity contribution in [3.8, 4) is 0 Å². The number of thioether (sulfide) groups is 1. The van der Waals surface area contributed by atoms with Gasteiger partial charge in [-0.1, -0.05) is 6.92 Å². The van der Waals surface area contributed by atoms with Crippen LogP contribution >= 0.6 is 11.8 Å². The molecule has 1 aliphatic heterocycles. The molecule has 0 bridgehead atoms. The highest BCUT2D eigenvalue weighted by Crippen LogP contribution is 2.23. The highest BCUT2D eigenvalue weighted by Gasteiger charge is 2.24. The van der Waals surface area contributed by atoms with Crippen molar-refractivity contribution in [2.75, 3.05) is 18.1 Å². The van der Waals surface area contributed by atoms with E-state index in [-0.39, 0.29) is 24.5 Å². The largest absolute Gasteiger partial charge is 0.394 e. The Bertz CT molecular complexity index is 165. The Hall–Kier alpha value is -0.220. The van der Waals surface area contributed by atoms with E-state index in [2.05, 4.69) is 5.32 Å². The van der Waals surface area contributed by atoms with E-state index in [4.69, 9.17) is 5.11 Å². The zero-order valence-corrected chi connectivity index (χ0v) is 8.77. The predicted octanol–water partition coefficient (Wildman–Crippen LogP) is 0.627. The molecule has 0 aliphatic carbocycles. The molecule has 1 fully saturated rings. The van der Waals surface area contributed by atoms with Crippen molar-refractivity contribution in [3.63, 3.8) is 0 Å². The number of amides is 1. The molecule has 1 saturated heterocycles. The molecule has 1 aliphatic rings. The number of carbonyl (C=O) groups is 1. The highest BCUT2D eigenvalue weighted by molar-refractivity contribution is 7.99. The summed E-state index contributed by atoms with van der Waals surface area (Å²) in [5.74, 6) is 2.32. The Morgan fingerprint density at radius 1 is 1.77 bits per heavy atom. The van der Waals surface area contributed by atoms with E-state index < -0.39 is 0 Å². The number of nitrogens with one attached hydrogen (secondary N) is 1. The molecule has 4 heteroatoms. The number of hydrogen-bond donors (Lipinski definition) is 2. The van der Waals surface area contributed by atoms with Crippen LogP contribution in [0.4, 0.5) is 0 Å². The molecule has 2 N–H and O–H groups in total. The third-order valence-corrected chi connectivity index (χ3v) is 3.52. The van der Waals surface area contributed by atoms with E-state index in [1.165, 1.54) is 0 Å². The van der Waals surface area contributed by atoms with Crippen LogP contribution in [0.3, 0.4) is 0 Å². The van der Waals surface area contributed by atoms with E-state index in [1.54, 1.807) is 0 Å². The van der Waals surface area contributed by atoms with E-state index >= 15 is 0 Å². The van der Waals surface area contributed by atoms with Crippen molar-refractivity contribution in [1.29, 1.82) is 0 Å². The third-order valence-electron chi connectivity index (χ3n) is 2.36. The van der Waals surface area contributed by atoms with Gasteiger partial charge in [-0.2, -0.15) is 11.8 Å². The Balaban J connectivity index is 2.30. The van der Waals surface area contributed by atoms with Gasteiger partial charge >= 0.3 is 0 Å². The summed E-state index contributed by atoms with van der Waals surface area (Å²) >= 11 is 1.83. The van der Waals surface area contributed by atoms with Crippen LogP contribution in [-0.2, 0) is 4.79 Å². The molecule has 1 unspecified atom stereocenters. The molecule has 76 valence electrons. The fourth-order valence-corrected chi connectivity index (χ4v) is 2.56. The number of aliphatic hydroxyl groups excluding tert-OH is 1. The van der Waals surface area contributed by atoms with Gasteiger partial charge in [0.25, 0.3) is 0 Å². The number of aliphatic hydroxyl groups is 1. The second kappa shape index (κ2) is 5.50. The zero-order valence-electron chi connectivity index (χ0n) is 7.95. The van der Waals surface area contributed by atoms with Gasteiger partial charge in [0.2, 0.25) is 5.91 Å². The van der Waals surface area contributed by atoms with Gasteiger partial charge < -0.3 is 10.4 Å². The molecule has 1 amide bonds. The predicted molar refractivity (Wildman–Crippen MR) is 54.7 cm³/mol. The quantitative estimate of drug-likeness (QED) is 0.704. The fraction of sp³-hybridized carbons (Fsp3) is 0.889. The van der Waals surface area contributed by atoms with Crippen LogP contribution in [0.2, 0.25) is 0 Å². The van der Waals surface area contributed by atoms with Crippen molar-refractivity contribution >= 4 is 17.7 Å². The first-order chi connectivity index (χ1) is 6.27. The Morgan fingerprint density at radius 2 is 2.54 bits per heavy atom. The monoisotopic (exact) mass is 203 g/mol. The lowest BCUT2D eigenvalue weighted by Crippen LogP contribution is -2.40. The standard InChI is InChI=1S/C9H17NO2S/c1-2-8(5-11)10-9(12)7-3-4-13-6-7/h7-8,11H,2-6H2,1H3,(H,10,12)/t7?,8-/m0/s1. The second-order valence-electron chi connectivity index (χ2n) is 3.36. The first-order valence-corrected chi connectivity index (χ1v) is 5.92. The van der Waals surface area contributed by atoms with Gasteiger partial charge in [-0.25, -0.2) is 0 Å². The summed E-state index contributed by atoms with van der Waals surface area (Å²) in [5, 5.41) is 11.8. The molecule has 13 heavy (non-hydrogen) atoms. The minimum atomic E-state index is -0.0573. The molecule has 2 atom stereocenters. The van der Waals surface area contributed by atoms with E-state index in [0.29, 0.717) is 0 Å². The fourth-order valence-electron chi connectivity index (χ4n) is 1.34. The van der Waals surface area contributed by atoms with E-state index in [1.807, 2.05) is 18.7 Å². The van der Waals surface area contributed by atoms with Gasteiger partial charge in [0.05, 0.1) is 12.6 Å². The lowest BCUT2D eigenvalue weighted by Gasteiger charge is -2.16. The molecule has 0 radical (unpaired) electrons. The second-order valence-corrected chi connectivity index (χ2v) is 4.51.